The van der Waals surface area contributed by atoms with E-state index >= 15 is 0 Å². The van der Waals surface area contributed by atoms with Crippen LogP contribution in [0.1, 0.15) is 10.6 Å². The fourth-order valence-electron chi connectivity index (χ4n) is 2.17. The van der Waals surface area contributed by atoms with E-state index in [9.17, 15) is 4.79 Å². The third-order valence-electron chi connectivity index (χ3n) is 3.36. The summed E-state index contributed by atoms with van der Waals surface area (Å²) in [6.07, 6.45) is 0.748. The summed E-state index contributed by atoms with van der Waals surface area (Å²) < 4.78 is 1.04. The molecule has 24 heavy (non-hydrogen) atoms. The molecule has 0 spiro atoms. The number of amides is 1. The van der Waals surface area contributed by atoms with Crippen molar-refractivity contribution in [1.29, 1.82) is 0 Å². The Morgan fingerprint density at radius 3 is 2.75 bits per heavy atom. The molecule has 0 unspecified atom stereocenters. The summed E-state index contributed by atoms with van der Waals surface area (Å²) in [5.41, 5.74) is 3.62. The number of nitrogens with one attached hydrogen (secondary N) is 1. The number of hydrogen-bond donors (Lipinski definition) is 2. The SMILES string of the molecule is Cc1ccc(-c2cccc(Sc3cnc(CNC(=O)O)s3)c2)cc1. The molecule has 6 heteroatoms. The van der Waals surface area contributed by atoms with Gasteiger partial charge in [0.05, 0.1) is 17.0 Å². The van der Waals surface area contributed by atoms with Gasteiger partial charge >= 0.3 is 6.09 Å². The molecule has 0 bridgehead atoms. The summed E-state index contributed by atoms with van der Waals surface area (Å²) >= 11 is 3.13. The predicted octanol–water partition coefficient (Wildman–Crippen LogP) is 5.04. The summed E-state index contributed by atoms with van der Waals surface area (Å²) in [6, 6.07) is 16.8. The maximum absolute atomic E-state index is 10.5. The van der Waals surface area contributed by atoms with E-state index in [4.69, 9.17) is 5.11 Å². The lowest BCUT2D eigenvalue weighted by atomic mass is 10.0. The van der Waals surface area contributed by atoms with Crippen molar-refractivity contribution in [2.45, 2.75) is 22.6 Å². The highest BCUT2D eigenvalue weighted by Crippen LogP contribution is 2.34. The molecular formula is C18H16N2O2S2. The number of carbonyl (C=O) groups is 1. The molecule has 122 valence electrons. The van der Waals surface area contributed by atoms with Gasteiger partial charge in [-0.3, -0.25) is 0 Å². The van der Waals surface area contributed by atoms with Crippen LogP contribution in [0.15, 0.2) is 63.8 Å². The molecule has 0 saturated carbocycles. The molecule has 0 atom stereocenters. The molecule has 0 fully saturated rings. The number of aromatic nitrogens is 1. The molecule has 1 aromatic heterocycles. The largest absolute Gasteiger partial charge is 0.465 e. The second-order valence-corrected chi connectivity index (χ2v) is 7.72. The first-order chi connectivity index (χ1) is 11.6. The molecule has 0 aliphatic rings. The monoisotopic (exact) mass is 356 g/mol. The molecule has 2 N–H and O–H groups in total. The maximum atomic E-state index is 10.5. The minimum absolute atomic E-state index is 0.240. The molecule has 0 radical (unpaired) electrons. The minimum atomic E-state index is -1.04. The number of thiazole rings is 1. The molecule has 3 rings (SSSR count). The first-order valence-electron chi connectivity index (χ1n) is 7.36. The van der Waals surface area contributed by atoms with E-state index in [1.165, 1.54) is 28.0 Å². The lowest BCUT2D eigenvalue weighted by Crippen LogP contribution is -2.19. The Labute approximate surface area is 148 Å². The maximum Gasteiger partial charge on any atom is 0.405 e. The minimum Gasteiger partial charge on any atom is -0.465 e. The summed E-state index contributed by atoms with van der Waals surface area (Å²) in [4.78, 5) is 15.9. The zero-order valence-electron chi connectivity index (χ0n) is 13.0. The van der Waals surface area contributed by atoms with Crippen LogP contribution in [-0.2, 0) is 6.54 Å². The van der Waals surface area contributed by atoms with Crippen molar-refractivity contribution in [3.63, 3.8) is 0 Å². The summed E-state index contributed by atoms with van der Waals surface area (Å²) in [6.45, 7) is 2.32. The predicted molar refractivity (Wildman–Crippen MR) is 97.7 cm³/mol. The Morgan fingerprint density at radius 1 is 1.21 bits per heavy atom. The van der Waals surface area contributed by atoms with E-state index in [-0.39, 0.29) is 6.54 Å². The van der Waals surface area contributed by atoms with Crippen LogP contribution in [0.4, 0.5) is 4.79 Å². The molecular weight excluding hydrogens is 340 g/mol. The lowest BCUT2D eigenvalue weighted by molar-refractivity contribution is 0.194. The third-order valence-corrected chi connectivity index (χ3v) is 5.45. The van der Waals surface area contributed by atoms with Crippen LogP contribution < -0.4 is 5.32 Å². The van der Waals surface area contributed by atoms with Crippen LogP contribution in [0.5, 0.6) is 0 Å². The van der Waals surface area contributed by atoms with E-state index in [1.54, 1.807) is 18.0 Å². The van der Waals surface area contributed by atoms with Gasteiger partial charge in [0.1, 0.15) is 5.01 Å². The van der Waals surface area contributed by atoms with Crippen LogP contribution in [0.3, 0.4) is 0 Å². The number of rotatable bonds is 5. The van der Waals surface area contributed by atoms with E-state index in [0.717, 1.165) is 14.1 Å². The van der Waals surface area contributed by atoms with Gasteiger partial charge in [-0.15, -0.1) is 11.3 Å². The summed E-state index contributed by atoms with van der Waals surface area (Å²) in [5.74, 6) is 0. The molecule has 3 aromatic rings. The van der Waals surface area contributed by atoms with Crippen LogP contribution in [0.2, 0.25) is 0 Å². The van der Waals surface area contributed by atoms with Gasteiger partial charge in [-0.05, 0) is 30.2 Å². The number of hydrogen-bond acceptors (Lipinski definition) is 4. The topological polar surface area (TPSA) is 62.2 Å². The Hall–Kier alpha value is -2.31. The average molecular weight is 356 g/mol. The third kappa shape index (κ3) is 4.37. The van der Waals surface area contributed by atoms with Gasteiger partial charge in [-0.2, -0.15) is 0 Å². The van der Waals surface area contributed by atoms with Gasteiger partial charge in [0.25, 0.3) is 0 Å². The highest BCUT2D eigenvalue weighted by Gasteiger charge is 2.06. The van der Waals surface area contributed by atoms with Crippen molar-refractivity contribution in [3.05, 3.63) is 65.3 Å². The zero-order chi connectivity index (χ0) is 16.9. The van der Waals surface area contributed by atoms with Crippen molar-refractivity contribution in [1.82, 2.24) is 10.3 Å². The molecule has 0 aliphatic carbocycles. The smallest absolute Gasteiger partial charge is 0.405 e. The Balaban J connectivity index is 1.73. The molecule has 0 saturated heterocycles. The lowest BCUT2D eigenvalue weighted by Gasteiger charge is -2.05. The summed E-state index contributed by atoms with van der Waals surface area (Å²) in [7, 11) is 0. The first-order valence-corrected chi connectivity index (χ1v) is 9.00. The fourth-order valence-corrected chi connectivity index (χ4v) is 4.18. The first kappa shape index (κ1) is 16.5. The van der Waals surface area contributed by atoms with E-state index in [2.05, 4.69) is 59.7 Å². The van der Waals surface area contributed by atoms with Crippen LogP contribution in [-0.4, -0.2) is 16.2 Å². The Kier molecular flexibility index (Phi) is 5.17. The highest BCUT2D eigenvalue weighted by atomic mass is 32.2. The van der Waals surface area contributed by atoms with Crippen molar-refractivity contribution in [3.8, 4) is 11.1 Å². The van der Waals surface area contributed by atoms with E-state index in [1.807, 2.05) is 6.07 Å². The van der Waals surface area contributed by atoms with Crippen molar-refractivity contribution in [2.24, 2.45) is 0 Å². The molecule has 1 heterocycles. The number of carboxylic acid groups (broad SMARTS) is 1. The van der Waals surface area contributed by atoms with Gasteiger partial charge in [0.2, 0.25) is 0 Å². The quantitative estimate of drug-likeness (QED) is 0.672. The molecule has 1 amide bonds. The fraction of sp³-hybridized carbons (Fsp3) is 0.111. The van der Waals surface area contributed by atoms with Crippen LogP contribution >= 0.6 is 23.1 Å². The van der Waals surface area contributed by atoms with Gasteiger partial charge < -0.3 is 10.4 Å². The van der Waals surface area contributed by atoms with E-state index < -0.39 is 6.09 Å². The van der Waals surface area contributed by atoms with Crippen molar-refractivity contribution >= 4 is 29.2 Å². The summed E-state index contributed by atoms with van der Waals surface area (Å²) in [5, 5.41) is 11.7. The van der Waals surface area contributed by atoms with Gasteiger partial charge in [-0.25, -0.2) is 9.78 Å². The van der Waals surface area contributed by atoms with Crippen molar-refractivity contribution < 1.29 is 9.90 Å². The van der Waals surface area contributed by atoms with Gasteiger partial charge in [0.15, 0.2) is 0 Å². The standard InChI is InChI=1S/C18H16N2O2S2/c1-12-5-7-13(8-6-12)14-3-2-4-15(9-14)23-17-11-19-16(24-17)10-20-18(21)22/h2-9,11,20H,10H2,1H3,(H,21,22). The van der Waals surface area contributed by atoms with Gasteiger partial charge in [-0.1, -0.05) is 53.7 Å². The molecule has 0 aliphatic heterocycles. The molecule has 4 nitrogen and oxygen atoms in total. The number of aryl methyl sites for hydroxylation is 1. The van der Waals surface area contributed by atoms with Gasteiger partial charge in [0, 0.05) is 4.90 Å². The van der Waals surface area contributed by atoms with Crippen molar-refractivity contribution in [2.75, 3.05) is 0 Å². The Bertz CT molecular complexity index is 844. The second kappa shape index (κ2) is 7.51. The normalized spacial score (nSPS) is 10.5. The average Bonchev–Trinajstić information content (AvgIpc) is 3.01. The van der Waals surface area contributed by atoms with Crippen LogP contribution in [0.25, 0.3) is 11.1 Å². The number of nitrogens with zero attached hydrogens (tertiary/aromatic N) is 1. The number of benzene rings is 2. The molecule has 2 aromatic carbocycles. The second-order valence-electron chi connectivity index (χ2n) is 5.23. The van der Waals surface area contributed by atoms with E-state index in [0.29, 0.717) is 0 Å². The van der Waals surface area contributed by atoms with Crippen LogP contribution in [0, 0.1) is 6.92 Å². The zero-order valence-corrected chi connectivity index (χ0v) is 14.7. The highest BCUT2D eigenvalue weighted by molar-refractivity contribution is 8.01. The Morgan fingerprint density at radius 2 is 2.00 bits per heavy atom.